The molecule has 224 valence electrons. The second-order valence-electron chi connectivity index (χ2n) is 10.7. The van der Waals surface area contributed by atoms with Gasteiger partial charge in [0.2, 0.25) is 5.95 Å². The quantitative estimate of drug-likeness (QED) is 0.192. The molecule has 1 amide bonds. The van der Waals surface area contributed by atoms with Crippen molar-refractivity contribution in [2.45, 2.75) is 13.0 Å². The van der Waals surface area contributed by atoms with Gasteiger partial charge in [-0.3, -0.25) is 24.3 Å². The summed E-state index contributed by atoms with van der Waals surface area (Å²) in [7, 11) is 3.92. The van der Waals surface area contributed by atoms with Crippen LogP contribution >= 0.6 is 0 Å². The summed E-state index contributed by atoms with van der Waals surface area (Å²) in [5, 5.41) is 2.85. The standard InChI is InChI=1S/C32H31N7O5/c1-37-14-16-39(17-15-37)20-22-5-10-25(30-29(22)43-27(40)18-28(41)44-30)31(42)35-23-6-8-24(9-7-23)38(2)32-34-13-11-26(36-32)21-4-3-12-33-19-21/h3-13,19H,14-18,20H2,1-2H3,(H,35,42). The molecule has 1 saturated heterocycles. The van der Waals surface area contributed by atoms with Crippen LogP contribution in [-0.4, -0.2) is 82.9 Å². The Morgan fingerprint density at radius 2 is 1.68 bits per heavy atom. The molecule has 0 bridgehead atoms. The Morgan fingerprint density at radius 3 is 2.41 bits per heavy atom. The molecule has 0 saturated carbocycles. The Bertz CT molecular complexity index is 1690. The summed E-state index contributed by atoms with van der Waals surface area (Å²) in [5.74, 6) is -1.45. The van der Waals surface area contributed by atoms with Crippen molar-refractivity contribution in [3.05, 3.63) is 84.3 Å². The molecule has 0 aliphatic carbocycles. The monoisotopic (exact) mass is 593 g/mol. The van der Waals surface area contributed by atoms with Gasteiger partial charge in [-0.05, 0) is 55.6 Å². The smallest absolute Gasteiger partial charge is 0.322 e. The zero-order chi connectivity index (χ0) is 30.6. The lowest BCUT2D eigenvalue weighted by Gasteiger charge is -2.32. The first kappa shape index (κ1) is 28.9. The molecule has 4 aromatic rings. The number of carbonyl (C=O) groups excluding carboxylic acids is 3. The zero-order valence-electron chi connectivity index (χ0n) is 24.4. The third kappa shape index (κ3) is 6.41. The zero-order valence-corrected chi connectivity index (χ0v) is 24.4. The summed E-state index contributed by atoms with van der Waals surface area (Å²) in [6.45, 7) is 4.00. The van der Waals surface area contributed by atoms with Crippen molar-refractivity contribution in [1.82, 2.24) is 24.8 Å². The third-order valence-electron chi connectivity index (χ3n) is 7.56. The minimum atomic E-state index is -0.776. The number of amides is 1. The Hall–Kier alpha value is -5.20. The number of nitrogens with zero attached hydrogens (tertiary/aromatic N) is 6. The van der Waals surface area contributed by atoms with Crippen molar-refractivity contribution in [2.24, 2.45) is 0 Å². The number of fused-ring (bicyclic) bond motifs is 1. The molecule has 4 heterocycles. The van der Waals surface area contributed by atoms with Crippen LogP contribution in [0.15, 0.2) is 73.2 Å². The van der Waals surface area contributed by atoms with E-state index in [4.69, 9.17) is 9.47 Å². The maximum atomic E-state index is 13.4. The van der Waals surface area contributed by atoms with Crippen LogP contribution in [0.5, 0.6) is 11.5 Å². The van der Waals surface area contributed by atoms with E-state index in [0.717, 1.165) is 43.1 Å². The molecule has 0 spiro atoms. The highest BCUT2D eigenvalue weighted by atomic mass is 16.6. The van der Waals surface area contributed by atoms with Crippen LogP contribution < -0.4 is 19.7 Å². The second kappa shape index (κ2) is 12.6. The molecule has 0 atom stereocenters. The van der Waals surface area contributed by atoms with Gasteiger partial charge in [0, 0.05) is 80.9 Å². The lowest BCUT2D eigenvalue weighted by atomic mass is 10.1. The molecule has 2 aromatic heterocycles. The number of rotatable bonds is 7. The minimum absolute atomic E-state index is 0.0491. The van der Waals surface area contributed by atoms with E-state index in [2.05, 4.69) is 37.1 Å². The van der Waals surface area contributed by atoms with Crippen LogP contribution in [-0.2, 0) is 16.1 Å². The predicted molar refractivity (Wildman–Crippen MR) is 163 cm³/mol. The van der Waals surface area contributed by atoms with E-state index in [-0.39, 0.29) is 17.1 Å². The Labute approximate surface area is 254 Å². The molecule has 12 nitrogen and oxygen atoms in total. The maximum Gasteiger partial charge on any atom is 0.322 e. The number of likely N-dealkylation sites (N-methyl/N-ethyl adjacent to an activating group) is 1. The molecule has 44 heavy (non-hydrogen) atoms. The fraction of sp³-hybridized carbons (Fsp3) is 0.250. The van der Waals surface area contributed by atoms with Gasteiger partial charge >= 0.3 is 11.9 Å². The number of hydrogen-bond acceptors (Lipinski definition) is 11. The van der Waals surface area contributed by atoms with Gasteiger partial charge in [0.05, 0.1) is 11.3 Å². The van der Waals surface area contributed by atoms with E-state index in [9.17, 15) is 14.4 Å². The first-order valence-corrected chi connectivity index (χ1v) is 14.2. The van der Waals surface area contributed by atoms with Gasteiger partial charge in [0.1, 0.15) is 6.42 Å². The van der Waals surface area contributed by atoms with Gasteiger partial charge in [-0.1, -0.05) is 6.07 Å². The summed E-state index contributed by atoms with van der Waals surface area (Å²) in [4.78, 5) is 57.7. The molecular weight excluding hydrogens is 562 g/mol. The summed E-state index contributed by atoms with van der Waals surface area (Å²) >= 11 is 0. The Balaban J connectivity index is 1.20. The number of carbonyl (C=O) groups is 3. The summed E-state index contributed by atoms with van der Waals surface area (Å²) in [6, 6.07) is 16.1. The lowest BCUT2D eigenvalue weighted by Crippen LogP contribution is -2.43. The van der Waals surface area contributed by atoms with Crippen molar-refractivity contribution in [3.63, 3.8) is 0 Å². The molecule has 2 aliphatic rings. The molecule has 1 N–H and O–H groups in total. The summed E-state index contributed by atoms with van der Waals surface area (Å²) < 4.78 is 11.1. The predicted octanol–water partition coefficient (Wildman–Crippen LogP) is 3.52. The number of pyridine rings is 1. The van der Waals surface area contributed by atoms with E-state index in [1.165, 1.54) is 0 Å². The molecule has 12 heteroatoms. The molecule has 6 rings (SSSR count). The largest absolute Gasteiger partial charge is 0.422 e. The number of ether oxygens (including phenoxy) is 2. The third-order valence-corrected chi connectivity index (χ3v) is 7.56. The van der Waals surface area contributed by atoms with Crippen LogP contribution in [0.1, 0.15) is 22.3 Å². The first-order chi connectivity index (χ1) is 21.3. The number of esters is 2. The molecule has 1 fully saturated rings. The Morgan fingerprint density at radius 1 is 0.932 bits per heavy atom. The number of hydrogen-bond donors (Lipinski definition) is 1. The van der Waals surface area contributed by atoms with Crippen LogP contribution in [0.3, 0.4) is 0 Å². The van der Waals surface area contributed by atoms with Crippen molar-refractivity contribution in [2.75, 3.05) is 50.5 Å². The average Bonchev–Trinajstić information content (AvgIpc) is 3.19. The summed E-state index contributed by atoms with van der Waals surface area (Å²) in [5.41, 5.74) is 3.71. The van der Waals surface area contributed by atoms with Gasteiger partial charge in [-0.15, -0.1) is 0 Å². The molecular formula is C32H31N7O5. The highest BCUT2D eigenvalue weighted by Gasteiger charge is 2.30. The van der Waals surface area contributed by atoms with E-state index < -0.39 is 24.3 Å². The van der Waals surface area contributed by atoms with Gasteiger partial charge in [0.15, 0.2) is 11.5 Å². The van der Waals surface area contributed by atoms with Crippen molar-refractivity contribution < 1.29 is 23.9 Å². The highest BCUT2D eigenvalue weighted by Crippen LogP contribution is 2.39. The Kier molecular flexibility index (Phi) is 8.26. The van der Waals surface area contributed by atoms with Crippen LogP contribution in [0.4, 0.5) is 17.3 Å². The number of aromatic nitrogens is 3. The van der Waals surface area contributed by atoms with Crippen molar-refractivity contribution >= 4 is 35.2 Å². The summed E-state index contributed by atoms with van der Waals surface area (Å²) in [6.07, 6.45) is 4.61. The fourth-order valence-electron chi connectivity index (χ4n) is 5.05. The number of nitrogens with one attached hydrogen (secondary N) is 1. The van der Waals surface area contributed by atoms with Gasteiger partial charge in [0.25, 0.3) is 5.91 Å². The number of benzene rings is 2. The van der Waals surface area contributed by atoms with Crippen molar-refractivity contribution in [3.8, 4) is 22.8 Å². The maximum absolute atomic E-state index is 13.4. The average molecular weight is 594 g/mol. The second-order valence-corrected chi connectivity index (χ2v) is 10.7. The van der Waals surface area contributed by atoms with Gasteiger partial charge < -0.3 is 24.6 Å². The SMILES string of the molecule is CN1CCN(Cc2ccc(C(=O)Nc3ccc(N(C)c4nccc(-c5cccnc5)n4)cc3)c3c2OC(=O)CC(=O)O3)CC1. The van der Waals surface area contributed by atoms with Gasteiger partial charge in [-0.2, -0.15) is 0 Å². The van der Waals surface area contributed by atoms with E-state index in [0.29, 0.717) is 23.7 Å². The fourth-order valence-corrected chi connectivity index (χ4v) is 5.05. The minimum Gasteiger partial charge on any atom is -0.422 e. The van der Waals surface area contributed by atoms with Crippen molar-refractivity contribution in [1.29, 1.82) is 0 Å². The first-order valence-electron chi connectivity index (χ1n) is 14.2. The van der Waals surface area contributed by atoms with E-state index >= 15 is 0 Å². The number of anilines is 3. The van der Waals surface area contributed by atoms with E-state index in [1.807, 2.05) is 42.3 Å². The number of piperazine rings is 1. The molecule has 2 aromatic carbocycles. The molecule has 0 radical (unpaired) electrons. The van der Waals surface area contributed by atoms with Crippen LogP contribution in [0, 0.1) is 0 Å². The van der Waals surface area contributed by atoms with E-state index in [1.54, 1.807) is 42.9 Å². The normalized spacial score (nSPS) is 15.5. The topological polar surface area (TPSA) is 130 Å². The van der Waals surface area contributed by atoms with Crippen LogP contribution in [0.25, 0.3) is 11.3 Å². The highest BCUT2D eigenvalue weighted by molar-refractivity contribution is 6.08. The van der Waals surface area contributed by atoms with Crippen LogP contribution in [0.2, 0.25) is 0 Å². The molecule has 0 unspecified atom stereocenters. The lowest BCUT2D eigenvalue weighted by molar-refractivity contribution is -0.142. The van der Waals surface area contributed by atoms with Gasteiger partial charge in [-0.25, -0.2) is 9.97 Å². The molecule has 2 aliphatic heterocycles.